The summed E-state index contributed by atoms with van der Waals surface area (Å²) in [5.74, 6) is 3.23. The molecule has 110 valence electrons. The highest BCUT2D eigenvalue weighted by Crippen LogP contribution is 2.64. The van der Waals surface area contributed by atoms with Crippen molar-refractivity contribution in [3.63, 3.8) is 0 Å². The van der Waals surface area contributed by atoms with Crippen LogP contribution in [0.1, 0.15) is 71.6 Å². The van der Waals surface area contributed by atoms with Crippen LogP contribution in [0.25, 0.3) is 0 Å². The Morgan fingerprint density at radius 3 is 2.80 bits per heavy atom. The molecular formula is C19H28O. The number of rotatable bonds is 0. The fraction of sp³-hybridized carbons (Fsp3) is 0.842. The number of Topliss-reactive ketones (excluding diaryl/α,β-unsaturated/α-hetero) is 1. The average molecular weight is 272 g/mol. The summed E-state index contributed by atoms with van der Waals surface area (Å²) < 4.78 is 0. The molecule has 0 aliphatic heterocycles. The van der Waals surface area contributed by atoms with Gasteiger partial charge in [0.2, 0.25) is 0 Å². The highest BCUT2D eigenvalue weighted by molar-refractivity contribution is 5.82. The molecule has 0 spiro atoms. The van der Waals surface area contributed by atoms with Gasteiger partial charge in [0.05, 0.1) is 0 Å². The Balaban J connectivity index is 1.70. The third-order valence-corrected chi connectivity index (χ3v) is 7.72. The second-order valence-electron chi connectivity index (χ2n) is 8.56. The minimum atomic E-state index is 0.362. The first-order chi connectivity index (χ1) is 9.53. The molecule has 0 amide bonds. The first-order valence-electron chi connectivity index (χ1n) is 8.74. The summed E-state index contributed by atoms with van der Waals surface area (Å²) in [4.78, 5) is 11.8. The number of ketones is 1. The summed E-state index contributed by atoms with van der Waals surface area (Å²) >= 11 is 0. The fourth-order valence-corrected chi connectivity index (χ4v) is 6.47. The van der Waals surface area contributed by atoms with Crippen LogP contribution in [0, 0.1) is 28.6 Å². The molecule has 0 heterocycles. The first-order valence-corrected chi connectivity index (χ1v) is 8.74. The normalized spacial score (nSPS) is 51.0. The molecule has 20 heavy (non-hydrogen) atoms. The molecule has 0 aromatic rings. The van der Waals surface area contributed by atoms with Gasteiger partial charge in [0.1, 0.15) is 5.78 Å². The summed E-state index contributed by atoms with van der Waals surface area (Å²) in [6.45, 7) is 5.05. The van der Waals surface area contributed by atoms with Crippen LogP contribution in [0.3, 0.4) is 0 Å². The molecule has 0 aromatic carbocycles. The lowest BCUT2D eigenvalue weighted by Gasteiger charge is -2.56. The van der Waals surface area contributed by atoms with E-state index in [-0.39, 0.29) is 0 Å². The van der Waals surface area contributed by atoms with Crippen molar-refractivity contribution in [1.82, 2.24) is 0 Å². The molecule has 1 nitrogen and oxygen atoms in total. The van der Waals surface area contributed by atoms with E-state index in [1.165, 1.54) is 44.1 Å². The minimum Gasteiger partial charge on any atom is -0.299 e. The predicted octanol–water partition coefficient (Wildman–Crippen LogP) is 4.91. The van der Waals surface area contributed by atoms with Gasteiger partial charge in [-0.3, -0.25) is 4.79 Å². The van der Waals surface area contributed by atoms with E-state index in [9.17, 15) is 4.79 Å². The summed E-state index contributed by atoms with van der Waals surface area (Å²) in [6.07, 6.45) is 13.7. The van der Waals surface area contributed by atoms with Crippen LogP contribution in [0.4, 0.5) is 0 Å². The van der Waals surface area contributed by atoms with Crippen LogP contribution in [0.2, 0.25) is 0 Å². The van der Waals surface area contributed by atoms with Crippen LogP contribution >= 0.6 is 0 Å². The quantitative estimate of drug-likeness (QED) is 0.573. The van der Waals surface area contributed by atoms with Gasteiger partial charge in [0.15, 0.2) is 0 Å². The second kappa shape index (κ2) is 4.21. The number of allylic oxidation sites excluding steroid dienone is 2. The molecule has 5 atom stereocenters. The van der Waals surface area contributed by atoms with Crippen molar-refractivity contribution in [3.05, 3.63) is 11.6 Å². The summed E-state index contributed by atoms with van der Waals surface area (Å²) in [6, 6.07) is 0. The second-order valence-corrected chi connectivity index (χ2v) is 8.56. The molecular weight excluding hydrogens is 244 g/mol. The van der Waals surface area contributed by atoms with Crippen molar-refractivity contribution >= 4 is 5.78 Å². The topological polar surface area (TPSA) is 17.1 Å². The largest absolute Gasteiger partial charge is 0.299 e. The van der Waals surface area contributed by atoms with E-state index in [1.54, 1.807) is 0 Å². The smallest absolute Gasteiger partial charge is 0.136 e. The van der Waals surface area contributed by atoms with E-state index < -0.39 is 0 Å². The van der Waals surface area contributed by atoms with Gasteiger partial charge < -0.3 is 0 Å². The lowest BCUT2D eigenvalue weighted by atomic mass is 9.48. The van der Waals surface area contributed by atoms with E-state index in [1.807, 2.05) is 0 Å². The van der Waals surface area contributed by atoms with Gasteiger partial charge in [-0.05, 0) is 67.1 Å². The molecule has 0 saturated heterocycles. The Morgan fingerprint density at radius 2 is 1.95 bits per heavy atom. The molecule has 4 aliphatic carbocycles. The molecule has 0 aromatic heterocycles. The number of hydrogen-bond donors (Lipinski definition) is 0. The number of fused-ring (bicyclic) bond motifs is 5. The van der Waals surface area contributed by atoms with Crippen molar-refractivity contribution in [1.29, 1.82) is 0 Å². The highest BCUT2D eigenvalue weighted by atomic mass is 16.1. The lowest BCUT2D eigenvalue weighted by Crippen LogP contribution is -2.48. The summed E-state index contributed by atoms with van der Waals surface area (Å²) in [7, 11) is 0. The van der Waals surface area contributed by atoms with Gasteiger partial charge in [-0.15, -0.1) is 0 Å². The molecule has 4 aliphatic rings. The van der Waals surface area contributed by atoms with E-state index in [4.69, 9.17) is 0 Å². The van der Waals surface area contributed by atoms with E-state index in [2.05, 4.69) is 19.9 Å². The third kappa shape index (κ3) is 1.64. The maximum Gasteiger partial charge on any atom is 0.136 e. The third-order valence-electron chi connectivity index (χ3n) is 7.72. The molecule has 0 N–H and O–H groups in total. The van der Waals surface area contributed by atoms with Crippen molar-refractivity contribution in [2.24, 2.45) is 28.6 Å². The van der Waals surface area contributed by atoms with Gasteiger partial charge >= 0.3 is 0 Å². The zero-order chi connectivity index (χ0) is 14.0. The van der Waals surface area contributed by atoms with Crippen molar-refractivity contribution in [2.75, 3.05) is 0 Å². The van der Waals surface area contributed by atoms with Crippen LogP contribution in [-0.2, 0) is 4.79 Å². The van der Waals surface area contributed by atoms with E-state index in [0.717, 1.165) is 37.0 Å². The summed E-state index contributed by atoms with van der Waals surface area (Å²) in [5, 5.41) is 0. The Bertz CT molecular complexity index is 476. The fourth-order valence-electron chi connectivity index (χ4n) is 6.47. The highest BCUT2D eigenvalue weighted by Gasteiger charge is 2.55. The van der Waals surface area contributed by atoms with Crippen LogP contribution in [0.15, 0.2) is 11.6 Å². The van der Waals surface area contributed by atoms with Gasteiger partial charge in [0, 0.05) is 12.8 Å². The molecule has 3 saturated carbocycles. The van der Waals surface area contributed by atoms with Crippen LogP contribution in [0.5, 0.6) is 0 Å². The van der Waals surface area contributed by atoms with Crippen molar-refractivity contribution in [3.8, 4) is 0 Å². The average Bonchev–Trinajstić information content (AvgIpc) is 2.81. The number of hydrogen-bond acceptors (Lipinski definition) is 1. The van der Waals surface area contributed by atoms with Gasteiger partial charge in [-0.25, -0.2) is 0 Å². The Hall–Kier alpha value is -0.590. The minimum absolute atomic E-state index is 0.362. The number of carbonyl (C=O) groups excluding carboxylic acids is 1. The van der Waals surface area contributed by atoms with Crippen LogP contribution in [-0.4, -0.2) is 5.78 Å². The zero-order valence-electron chi connectivity index (χ0n) is 13.1. The van der Waals surface area contributed by atoms with Gasteiger partial charge in [-0.2, -0.15) is 0 Å². The van der Waals surface area contributed by atoms with Gasteiger partial charge in [-0.1, -0.05) is 31.9 Å². The van der Waals surface area contributed by atoms with Gasteiger partial charge in [0.25, 0.3) is 0 Å². The molecule has 0 unspecified atom stereocenters. The Kier molecular flexibility index (Phi) is 2.76. The predicted molar refractivity (Wildman–Crippen MR) is 81.3 cm³/mol. The monoisotopic (exact) mass is 272 g/mol. The maximum absolute atomic E-state index is 11.8. The van der Waals surface area contributed by atoms with Crippen molar-refractivity contribution in [2.45, 2.75) is 71.6 Å². The first kappa shape index (κ1) is 13.1. The molecule has 0 bridgehead atoms. The Morgan fingerprint density at radius 1 is 1.10 bits per heavy atom. The van der Waals surface area contributed by atoms with E-state index >= 15 is 0 Å². The summed E-state index contributed by atoms with van der Waals surface area (Å²) in [5.41, 5.74) is 2.52. The number of carbonyl (C=O) groups is 1. The van der Waals surface area contributed by atoms with Crippen molar-refractivity contribution < 1.29 is 4.79 Å². The zero-order valence-corrected chi connectivity index (χ0v) is 13.1. The van der Waals surface area contributed by atoms with Crippen LogP contribution < -0.4 is 0 Å². The molecule has 1 heteroatoms. The maximum atomic E-state index is 11.8. The molecule has 4 rings (SSSR count). The molecule has 3 fully saturated rings. The standard InChI is InChI=1S/C19H28O/c1-18-9-3-4-16(18)15-6-5-13-12-14(20)7-11-19(13,2)17(15)8-10-18/h5,15-17H,3-4,6-12H2,1-2H3/t15-,16-,17-,18-,19-/m0/s1. The SMILES string of the molecule is C[C@@]12CCC[C@H]1[C@@H]1CC=C3CC(=O)CC[C@]3(C)[C@H]1CC2. The lowest BCUT2D eigenvalue weighted by molar-refractivity contribution is -0.122. The van der Waals surface area contributed by atoms with E-state index in [0.29, 0.717) is 16.6 Å². The molecule has 0 radical (unpaired) electrons. The Labute approximate surface area is 123 Å².